The largest absolute Gasteiger partial charge is 0.466 e. The monoisotopic (exact) mass is 436 g/mol. The summed E-state index contributed by atoms with van der Waals surface area (Å²) < 4.78 is 14.3. The predicted molar refractivity (Wildman–Crippen MR) is 107 cm³/mol. The van der Waals surface area contributed by atoms with E-state index < -0.39 is 23.9 Å². The molecule has 1 aliphatic heterocycles. The zero-order chi connectivity index (χ0) is 22.8. The molecule has 2 rings (SSSR count). The van der Waals surface area contributed by atoms with Crippen molar-refractivity contribution in [2.45, 2.75) is 0 Å². The molecule has 0 spiro atoms. The highest BCUT2D eigenvalue weighted by Gasteiger charge is 2.34. The molecule has 1 aromatic carbocycles. The molecule has 1 aliphatic rings. The summed E-state index contributed by atoms with van der Waals surface area (Å²) in [6, 6.07) is 6.19. The second-order valence-electron chi connectivity index (χ2n) is 6.17. The van der Waals surface area contributed by atoms with Gasteiger partial charge in [0.25, 0.3) is 11.8 Å². The molecule has 0 saturated heterocycles. The van der Waals surface area contributed by atoms with E-state index in [0.717, 1.165) is 0 Å². The lowest BCUT2D eigenvalue weighted by molar-refractivity contribution is -0.136. The first kappa shape index (κ1) is 23.6. The van der Waals surface area contributed by atoms with Gasteiger partial charge in [0, 0.05) is 13.7 Å². The first-order valence-electron chi connectivity index (χ1n) is 9.22. The maximum atomic E-state index is 12.7. The molecule has 0 fully saturated rings. The highest BCUT2D eigenvalue weighted by atomic mass is 16.6. The Hall–Kier alpha value is -3.64. The van der Waals surface area contributed by atoms with Crippen LogP contribution in [0.1, 0.15) is 10.4 Å². The standard InChI is InChI=1S/C19H24N4O8/c1-29-9-10-31-19(28)22-21-16(25)12-5-3-4-6-14(12)20-15-13(18(27)30-2)11-23(7-8-24)17(15)26/h3-6,20,24H,7-11H2,1-2H3,(H,21,25)(H,22,28). The number of carbonyl (C=O) groups excluding carboxylic acids is 4. The van der Waals surface area contributed by atoms with E-state index in [0.29, 0.717) is 0 Å². The van der Waals surface area contributed by atoms with Crippen LogP contribution in [-0.4, -0.2) is 81.0 Å². The van der Waals surface area contributed by atoms with Gasteiger partial charge in [0.2, 0.25) is 0 Å². The van der Waals surface area contributed by atoms with Crippen molar-refractivity contribution in [3.8, 4) is 0 Å². The summed E-state index contributed by atoms with van der Waals surface area (Å²) in [4.78, 5) is 50.1. The molecule has 0 atom stereocenters. The lowest BCUT2D eigenvalue weighted by Crippen LogP contribution is -2.42. The van der Waals surface area contributed by atoms with Crippen LogP contribution in [0.2, 0.25) is 0 Å². The number of hydrazine groups is 1. The summed E-state index contributed by atoms with van der Waals surface area (Å²) in [5.41, 5.74) is 4.60. The predicted octanol–water partition coefficient (Wildman–Crippen LogP) is -0.622. The van der Waals surface area contributed by atoms with Crippen LogP contribution in [0.5, 0.6) is 0 Å². The highest BCUT2D eigenvalue weighted by Crippen LogP contribution is 2.24. The van der Waals surface area contributed by atoms with Gasteiger partial charge in [-0.05, 0) is 12.1 Å². The molecule has 12 nitrogen and oxygen atoms in total. The molecule has 4 N–H and O–H groups in total. The fourth-order valence-electron chi connectivity index (χ4n) is 2.70. The number of benzene rings is 1. The summed E-state index contributed by atoms with van der Waals surface area (Å²) in [6.07, 6.45) is -0.878. The molecular weight excluding hydrogens is 412 g/mol. The fourth-order valence-corrected chi connectivity index (χ4v) is 2.70. The second kappa shape index (κ2) is 11.5. The van der Waals surface area contributed by atoms with Crippen LogP contribution in [0.3, 0.4) is 0 Å². The number of rotatable bonds is 9. The Bertz CT molecular complexity index is 870. The number of β-amino-alcohol motifs (C(OH)–C–C–N with tert-alkyl or cyclic N) is 1. The van der Waals surface area contributed by atoms with Crippen LogP contribution in [0, 0.1) is 0 Å². The Morgan fingerprint density at radius 2 is 1.87 bits per heavy atom. The zero-order valence-electron chi connectivity index (χ0n) is 17.1. The third-order valence-electron chi connectivity index (χ3n) is 4.18. The van der Waals surface area contributed by atoms with Gasteiger partial charge in [-0.15, -0.1) is 0 Å². The van der Waals surface area contributed by atoms with Gasteiger partial charge in [-0.1, -0.05) is 12.1 Å². The van der Waals surface area contributed by atoms with E-state index >= 15 is 0 Å². The van der Waals surface area contributed by atoms with Crippen molar-refractivity contribution in [3.63, 3.8) is 0 Å². The summed E-state index contributed by atoms with van der Waals surface area (Å²) in [5, 5.41) is 11.9. The third kappa shape index (κ3) is 6.17. The van der Waals surface area contributed by atoms with Gasteiger partial charge in [0.1, 0.15) is 12.3 Å². The van der Waals surface area contributed by atoms with Crippen LogP contribution in [0.25, 0.3) is 0 Å². The van der Waals surface area contributed by atoms with Crippen molar-refractivity contribution in [1.82, 2.24) is 15.8 Å². The van der Waals surface area contributed by atoms with Crippen molar-refractivity contribution in [2.24, 2.45) is 0 Å². The Balaban J connectivity index is 2.16. The van der Waals surface area contributed by atoms with Gasteiger partial charge in [-0.25, -0.2) is 15.0 Å². The molecule has 1 aromatic rings. The number of hydrogen-bond acceptors (Lipinski definition) is 9. The average molecular weight is 436 g/mol. The maximum Gasteiger partial charge on any atom is 0.426 e. The summed E-state index contributed by atoms with van der Waals surface area (Å²) in [7, 11) is 2.64. The maximum absolute atomic E-state index is 12.7. The molecule has 0 radical (unpaired) electrons. The quantitative estimate of drug-likeness (QED) is 0.225. The molecule has 0 saturated carbocycles. The van der Waals surface area contributed by atoms with Crippen LogP contribution >= 0.6 is 0 Å². The number of nitrogens with one attached hydrogen (secondary N) is 3. The summed E-state index contributed by atoms with van der Waals surface area (Å²) >= 11 is 0. The molecule has 0 bridgehead atoms. The zero-order valence-corrected chi connectivity index (χ0v) is 17.1. The Kier molecular flexibility index (Phi) is 8.78. The molecule has 31 heavy (non-hydrogen) atoms. The fraction of sp³-hybridized carbons (Fsp3) is 0.368. The normalized spacial score (nSPS) is 13.1. The van der Waals surface area contributed by atoms with Gasteiger partial charge in [0.15, 0.2) is 0 Å². The van der Waals surface area contributed by atoms with Crippen molar-refractivity contribution >= 4 is 29.6 Å². The van der Waals surface area contributed by atoms with Crippen LogP contribution in [0.4, 0.5) is 10.5 Å². The molecule has 0 unspecified atom stereocenters. The lowest BCUT2D eigenvalue weighted by atomic mass is 10.1. The number of para-hydroxylation sites is 1. The number of anilines is 1. The number of carbonyl (C=O) groups is 4. The number of esters is 1. The topological polar surface area (TPSA) is 156 Å². The van der Waals surface area contributed by atoms with Gasteiger partial charge in [-0.2, -0.15) is 0 Å². The summed E-state index contributed by atoms with van der Waals surface area (Å²) in [5.74, 6) is -1.92. The van der Waals surface area contributed by atoms with E-state index in [-0.39, 0.29) is 55.4 Å². The molecular formula is C19H24N4O8. The Morgan fingerprint density at radius 1 is 1.13 bits per heavy atom. The van der Waals surface area contributed by atoms with Crippen LogP contribution < -0.4 is 16.2 Å². The number of ether oxygens (including phenoxy) is 3. The number of hydrogen-bond donors (Lipinski definition) is 4. The molecule has 0 aromatic heterocycles. The first-order chi connectivity index (χ1) is 14.9. The molecule has 12 heteroatoms. The van der Waals surface area contributed by atoms with Gasteiger partial charge in [-0.3, -0.25) is 15.0 Å². The van der Waals surface area contributed by atoms with Crippen LogP contribution in [0.15, 0.2) is 35.5 Å². The number of aliphatic hydroxyl groups excluding tert-OH is 1. The average Bonchev–Trinajstić information content (AvgIpc) is 3.07. The lowest BCUT2D eigenvalue weighted by Gasteiger charge is -2.16. The van der Waals surface area contributed by atoms with E-state index in [9.17, 15) is 19.2 Å². The number of aliphatic hydroxyl groups is 1. The first-order valence-corrected chi connectivity index (χ1v) is 9.22. The van der Waals surface area contributed by atoms with Crippen LogP contribution in [-0.2, 0) is 23.8 Å². The molecule has 3 amide bonds. The van der Waals surface area contributed by atoms with E-state index in [1.807, 2.05) is 0 Å². The second-order valence-corrected chi connectivity index (χ2v) is 6.17. The van der Waals surface area contributed by atoms with E-state index in [4.69, 9.17) is 19.3 Å². The van der Waals surface area contributed by atoms with E-state index in [2.05, 4.69) is 16.2 Å². The minimum atomic E-state index is -0.878. The summed E-state index contributed by atoms with van der Waals surface area (Å²) in [6.45, 7) is -0.0850. The minimum Gasteiger partial charge on any atom is -0.466 e. The van der Waals surface area contributed by atoms with Crippen molar-refractivity contribution in [3.05, 3.63) is 41.1 Å². The van der Waals surface area contributed by atoms with Gasteiger partial charge >= 0.3 is 12.1 Å². The van der Waals surface area contributed by atoms with Gasteiger partial charge < -0.3 is 29.5 Å². The Labute approximate surface area is 178 Å². The van der Waals surface area contributed by atoms with Crippen molar-refractivity contribution in [2.75, 3.05) is 52.4 Å². The number of nitrogens with zero attached hydrogens (tertiary/aromatic N) is 1. The molecule has 0 aliphatic carbocycles. The molecule has 168 valence electrons. The smallest absolute Gasteiger partial charge is 0.426 e. The van der Waals surface area contributed by atoms with Gasteiger partial charge in [0.05, 0.1) is 43.7 Å². The number of methoxy groups -OCH3 is 2. The highest BCUT2D eigenvalue weighted by molar-refractivity contribution is 6.10. The number of amides is 3. The van der Waals surface area contributed by atoms with Crippen molar-refractivity contribution < 1.29 is 38.5 Å². The molecule has 1 heterocycles. The Morgan fingerprint density at radius 3 is 2.55 bits per heavy atom. The van der Waals surface area contributed by atoms with Crippen molar-refractivity contribution in [1.29, 1.82) is 0 Å². The third-order valence-corrected chi connectivity index (χ3v) is 4.18. The SMILES string of the molecule is COCCOC(=O)NNC(=O)c1ccccc1NC1=C(C(=O)OC)CN(CCO)C1=O. The van der Waals surface area contributed by atoms with E-state index in [1.165, 1.54) is 31.3 Å². The van der Waals surface area contributed by atoms with E-state index in [1.54, 1.807) is 12.1 Å². The minimum absolute atomic E-state index is 0.00720.